The number of carbonyl (C=O) groups is 2. The molecular formula is C15H12O3. The molecule has 0 aliphatic carbocycles. The van der Waals surface area contributed by atoms with Gasteiger partial charge in [-0.05, 0) is 16.8 Å². The summed E-state index contributed by atoms with van der Waals surface area (Å²) in [6.07, 6.45) is 2.36. The molecule has 2 aromatic carbocycles. The second-order valence-corrected chi connectivity index (χ2v) is 3.75. The Bertz CT molecular complexity index is 621. The van der Waals surface area contributed by atoms with Crippen molar-refractivity contribution in [3.05, 3.63) is 60.2 Å². The highest BCUT2D eigenvalue weighted by Gasteiger charge is 2.06. The van der Waals surface area contributed by atoms with Gasteiger partial charge in [0.25, 0.3) is 0 Å². The Hall–Kier alpha value is -2.42. The van der Waals surface area contributed by atoms with Crippen molar-refractivity contribution in [1.29, 1.82) is 0 Å². The van der Waals surface area contributed by atoms with Gasteiger partial charge in [-0.25, -0.2) is 4.79 Å². The van der Waals surface area contributed by atoms with Gasteiger partial charge in [0.05, 0.1) is 7.11 Å². The monoisotopic (exact) mass is 240 g/mol. The molecule has 0 fully saturated rings. The third kappa shape index (κ3) is 2.46. The van der Waals surface area contributed by atoms with Crippen LogP contribution in [0.4, 0.5) is 0 Å². The van der Waals surface area contributed by atoms with Crippen LogP contribution in [0.3, 0.4) is 0 Å². The minimum absolute atomic E-state index is 0.211. The number of esters is 1. The largest absolute Gasteiger partial charge is 0.466 e. The summed E-state index contributed by atoms with van der Waals surface area (Å²) in [5, 5.41) is 1.87. The van der Waals surface area contributed by atoms with Gasteiger partial charge in [-0.15, -0.1) is 0 Å². The van der Waals surface area contributed by atoms with Crippen LogP contribution >= 0.6 is 0 Å². The third-order valence-corrected chi connectivity index (χ3v) is 2.63. The molecule has 0 N–H and O–H groups in total. The highest BCUT2D eigenvalue weighted by atomic mass is 16.5. The summed E-state index contributed by atoms with van der Waals surface area (Å²) in [5.74, 6) is -0.749. The number of allylic oxidation sites excluding steroid dienone is 1. The van der Waals surface area contributed by atoms with Crippen molar-refractivity contribution in [1.82, 2.24) is 0 Å². The van der Waals surface area contributed by atoms with Gasteiger partial charge < -0.3 is 4.74 Å². The Morgan fingerprint density at radius 2 is 1.72 bits per heavy atom. The maximum atomic E-state index is 12.0. The topological polar surface area (TPSA) is 43.4 Å². The summed E-state index contributed by atoms with van der Waals surface area (Å²) in [6, 6.07) is 13.1. The lowest BCUT2D eigenvalue weighted by Crippen LogP contribution is -1.99. The summed E-state index contributed by atoms with van der Waals surface area (Å²) in [7, 11) is 1.27. The van der Waals surface area contributed by atoms with Crippen molar-refractivity contribution in [3.63, 3.8) is 0 Å². The highest BCUT2D eigenvalue weighted by molar-refractivity contribution is 6.14. The fraction of sp³-hybridized carbons (Fsp3) is 0.0667. The van der Waals surface area contributed by atoms with E-state index in [1.165, 1.54) is 13.2 Å². The van der Waals surface area contributed by atoms with Crippen LogP contribution in [-0.4, -0.2) is 18.9 Å². The van der Waals surface area contributed by atoms with E-state index in [9.17, 15) is 9.59 Å². The fourth-order valence-electron chi connectivity index (χ4n) is 1.74. The number of carbonyl (C=O) groups excluding carboxylic acids is 2. The first-order chi connectivity index (χ1) is 8.72. The van der Waals surface area contributed by atoms with Crippen molar-refractivity contribution >= 4 is 22.5 Å². The molecule has 0 unspecified atom stereocenters. The SMILES string of the molecule is COC(=O)/C=C/C(=O)c1cccc2ccccc12. The lowest BCUT2D eigenvalue weighted by Gasteiger charge is -2.02. The van der Waals surface area contributed by atoms with Gasteiger partial charge in [-0.1, -0.05) is 42.5 Å². The molecule has 2 rings (SSSR count). The summed E-state index contributed by atoms with van der Waals surface area (Å²) < 4.78 is 4.45. The number of benzene rings is 2. The van der Waals surface area contributed by atoms with Crippen LogP contribution in [0.1, 0.15) is 10.4 Å². The van der Waals surface area contributed by atoms with Crippen LogP contribution in [0.25, 0.3) is 10.8 Å². The van der Waals surface area contributed by atoms with E-state index in [0.29, 0.717) is 5.56 Å². The molecule has 0 atom stereocenters. The molecule has 3 heteroatoms. The van der Waals surface area contributed by atoms with Crippen molar-refractivity contribution in [2.24, 2.45) is 0 Å². The Balaban J connectivity index is 2.39. The number of ether oxygens (including phenoxy) is 1. The van der Waals surface area contributed by atoms with Crippen LogP contribution < -0.4 is 0 Å². The van der Waals surface area contributed by atoms with Crippen LogP contribution in [0, 0.1) is 0 Å². The second kappa shape index (κ2) is 5.27. The Kier molecular flexibility index (Phi) is 3.53. The molecule has 3 nitrogen and oxygen atoms in total. The van der Waals surface area contributed by atoms with E-state index in [4.69, 9.17) is 0 Å². The van der Waals surface area contributed by atoms with Gasteiger partial charge in [0.1, 0.15) is 0 Å². The normalized spacial score (nSPS) is 10.7. The van der Waals surface area contributed by atoms with Gasteiger partial charge in [0, 0.05) is 11.6 Å². The molecule has 0 aromatic heterocycles. The molecule has 0 bridgehead atoms. The number of hydrogen-bond donors (Lipinski definition) is 0. The number of ketones is 1. The van der Waals surface area contributed by atoms with E-state index in [0.717, 1.165) is 16.8 Å². The molecule has 18 heavy (non-hydrogen) atoms. The molecule has 90 valence electrons. The summed E-state index contributed by atoms with van der Waals surface area (Å²) in [4.78, 5) is 22.9. The molecule has 0 amide bonds. The van der Waals surface area contributed by atoms with E-state index < -0.39 is 5.97 Å². The molecule has 0 radical (unpaired) electrons. The Labute approximate surface area is 105 Å². The number of fused-ring (bicyclic) bond motifs is 1. The Morgan fingerprint density at radius 1 is 1.00 bits per heavy atom. The Morgan fingerprint density at radius 3 is 2.50 bits per heavy atom. The van der Waals surface area contributed by atoms with Crippen molar-refractivity contribution in [3.8, 4) is 0 Å². The van der Waals surface area contributed by atoms with Gasteiger partial charge in [0.15, 0.2) is 5.78 Å². The zero-order valence-corrected chi connectivity index (χ0v) is 9.92. The number of methoxy groups -OCH3 is 1. The summed E-state index contributed by atoms with van der Waals surface area (Å²) >= 11 is 0. The standard InChI is InChI=1S/C15H12O3/c1-18-15(17)10-9-14(16)13-8-4-6-11-5-2-3-7-12(11)13/h2-10H,1H3/b10-9+. The van der Waals surface area contributed by atoms with E-state index >= 15 is 0 Å². The quantitative estimate of drug-likeness (QED) is 0.470. The third-order valence-electron chi connectivity index (χ3n) is 2.63. The lowest BCUT2D eigenvalue weighted by atomic mass is 10.0. The van der Waals surface area contributed by atoms with Crippen LogP contribution in [0.5, 0.6) is 0 Å². The first kappa shape index (κ1) is 12.0. The predicted octanol–water partition coefficient (Wildman–Crippen LogP) is 2.75. The van der Waals surface area contributed by atoms with E-state index in [-0.39, 0.29) is 5.78 Å². The maximum Gasteiger partial charge on any atom is 0.330 e. The van der Waals surface area contributed by atoms with Crippen LogP contribution in [0.15, 0.2) is 54.6 Å². The van der Waals surface area contributed by atoms with Gasteiger partial charge in [-0.3, -0.25) is 4.79 Å². The molecule has 0 spiro atoms. The van der Waals surface area contributed by atoms with E-state index in [2.05, 4.69) is 4.74 Å². The summed E-state index contributed by atoms with van der Waals surface area (Å²) in [6.45, 7) is 0. The molecule has 0 saturated heterocycles. The second-order valence-electron chi connectivity index (χ2n) is 3.75. The van der Waals surface area contributed by atoms with Crippen molar-refractivity contribution in [2.75, 3.05) is 7.11 Å². The maximum absolute atomic E-state index is 12.0. The average molecular weight is 240 g/mol. The summed E-state index contributed by atoms with van der Waals surface area (Å²) in [5.41, 5.74) is 0.577. The van der Waals surface area contributed by atoms with Crippen molar-refractivity contribution in [2.45, 2.75) is 0 Å². The minimum Gasteiger partial charge on any atom is -0.466 e. The first-order valence-corrected chi connectivity index (χ1v) is 5.50. The zero-order valence-electron chi connectivity index (χ0n) is 9.92. The molecule has 0 aliphatic heterocycles. The highest BCUT2D eigenvalue weighted by Crippen LogP contribution is 2.19. The van der Waals surface area contributed by atoms with Crippen LogP contribution in [0.2, 0.25) is 0 Å². The zero-order chi connectivity index (χ0) is 13.0. The fourth-order valence-corrected chi connectivity index (χ4v) is 1.74. The minimum atomic E-state index is -0.538. The van der Waals surface area contributed by atoms with Gasteiger partial charge in [-0.2, -0.15) is 0 Å². The molecular weight excluding hydrogens is 228 g/mol. The molecule has 2 aromatic rings. The van der Waals surface area contributed by atoms with Gasteiger partial charge >= 0.3 is 5.97 Å². The van der Waals surface area contributed by atoms with Crippen molar-refractivity contribution < 1.29 is 14.3 Å². The number of rotatable bonds is 3. The van der Waals surface area contributed by atoms with E-state index in [1.54, 1.807) is 6.07 Å². The first-order valence-electron chi connectivity index (χ1n) is 5.50. The molecule has 0 saturated carbocycles. The van der Waals surface area contributed by atoms with Crippen LogP contribution in [-0.2, 0) is 9.53 Å². The average Bonchev–Trinajstić information content (AvgIpc) is 2.43. The van der Waals surface area contributed by atoms with E-state index in [1.807, 2.05) is 36.4 Å². The number of hydrogen-bond acceptors (Lipinski definition) is 3. The smallest absolute Gasteiger partial charge is 0.330 e. The van der Waals surface area contributed by atoms with Gasteiger partial charge in [0.2, 0.25) is 0 Å². The molecule has 0 heterocycles. The predicted molar refractivity (Wildman–Crippen MR) is 69.4 cm³/mol. The lowest BCUT2D eigenvalue weighted by molar-refractivity contribution is -0.134. The molecule has 0 aliphatic rings.